The van der Waals surface area contributed by atoms with Gasteiger partial charge in [-0.05, 0) is 50.1 Å². The molecule has 2 fully saturated rings. The van der Waals surface area contributed by atoms with Gasteiger partial charge in [0.15, 0.2) is 5.76 Å². The number of nitrogens with zero attached hydrogens (tertiary/aromatic N) is 2. The van der Waals surface area contributed by atoms with Crippen LogP contribution in [0.5, 0.6) is 0 Å². The SMILES string of the molecule is CC(=O)NC1CC(Cc2cc(CN3CCCCC3)on2)C1(C)C. The van der Waals surface area contributed by atoms with E-state index in [1.54, 1.807) is 6.92 Å². The molecule has 128 valence electrons. The average Bonchev–Trinajstić information content (AvgIpc) is 2.94. The molecule has 1 aromatic rings. The Morgan fingerprint density at radius 3 is 2.78 bits per heavy atom. The molecule has 1 aliphatic heterocycles. The Balaban J connectivity index is 1.52. The molecule has 1 saturated heterocycles. The topological polar surface area (TPSA) is 58.4 Å². The molecular formula is C18H29N3O2. The molecule has 1 saturated carbocycles. The first-order valence-corrected chi connectivity index (χ1v) is 8.89. The van der Waals surface area contributed by atoms with Gasteiger partial charge < -0.3 is 9.84 Å². The third-order valence-corrected chi connectivity index (χ3v) is 5.74. The summed E-state index contributed by atoms with van der Waals surface area (Å²) in [6.07, 6.45) is 5.90. The zero-order chi connectivity index (χ0) is 16.4. The summed E-state index contributed by atoms with van der Waals surface area (Å²) in [7, 11) is 0. The maximum Gasteiger partial charge on any atom is 0.217 e. The number of amides is 1. The highest BCUT2D eigenvalue weighted by atomic mass is 16.5. The Hall–Kier alpha value is -1.36. The van der Waals surface area contributed by atoms with Gasteiger partial charge in [0, 0.05) is 19.0 Å². The van der Waals surface area contributed by atoms with Crippen LogP contribution in [0.4, 0.5) is 0 Å². The van der Waals surface area contributed by atoms with Crippen molar-refractivity contribution in [2.45, 2.75) is 65.5 Å². The molecule has 5 heteroatoms. The van der Waals surface area contributed by atoms with Crippen LogP contribution < -0.4 is 5.32 Å². The van der Waals surface area contributed by atoms with Crippen molar-refractivity contribution in [2.24, 2.45) is 11.3 Å². The predicted octanol–water partition coefficient (Wildman–Crippen LogP) is 2.75. The zero-order valence-corrected chi connectivity index (χ0v) is 14.6. The first-order chi connectivity index (χ1) is 10.9. The summed E-state index contributed by atoms with van der Waals surface area (Å²) in [6.45, 7) is 9.28. The van der Waals surface area contributed by atoms with Gasteiger partial charge in [-0.1, -0.05) is 25.4 Å². The van der Waals surface area contributed by atoms with Gasteiger partial charge in [0.2, 0.25) is 5.91 Å². The van der Waals surface area contributed by atoms with E-state index >= 15 is 0 Å². The summed E-state index contributed by atoms with van der Waals surface area (Å²) in [5, 5.41) is 7.32. The van der Waals surface area contributed by atoms with Crippen LogP contribution in [0.3, 0.4) is 0 Å². The molecule has 23 heavy (non-hydrogen) atoms. The van der Waals surface area contributed by atoms with E-state index in [4.69, 9.17) is 4.52 Å². The van der Waals surface area contributed by atoms with Crippen LogP contribution in [0.25, 0.3) is 0 Å². The molecule has 2 heterocycles. The van der Waals surface area contributed by atoms with Crippen molar-refractivity contribution in [2.75, 3.05) is 13.1 Å². The molecule has 5 nitrogen and oxygen atoms in total. The molecule has 1 N–H and O–H groups in total. The molecule has 0 radical (unpaired) electrons. The van der Waals surface area contributed by atoms with Crippen LogP contribution >= 0.6 is 0 Å². The Bertz CT molecular complexity index is 546. The highest BCUT2D eigenvalue weighted by Gasteiger charge is 2.48. The molecule has 3 rings (SSSR count). The minimum atomic E-state index is 0.0618. The molecule has 0 aromatic carbocycles. The second kappa shape index (κ2) is 6.63. The average molecular weight is 319 g/mol. The fourth-order valence-corrected chi connectivity index (χ4v) is 3.97. The number of hydrogen-bond donors (Lipinski definition) is 1. The molecule has 2 aliphatic rings. The zero-order valence-electron chi connectivity index (χ0n) is 14.6. The number of piperidine rings is 1. The molecule has 1 aromatic heterocycles. The van der Waals surface area contributed by atoms with E-state index in [2.05, 4.69) is 35.3 Å². The molecule has 0 spiro atoms. The lowest BCUT2D eigenvalue weighted by atomic mass is 9.57. The minimum Gasteiger partial charge on any atom is -0.360 e. The van der Waals surface area contributed by atoms with Gasteiger partial charge in [-0.15, -0.1) is 0 Å². The first kappa shape index (κ1) is 16.5. The van der Waals surface area contributed by atoms with Crippen LogP contribution in [-0.2, 0) is 17.8 Å². The lowest BCUT2D eigenvalue weighted by molar-refractivity contribution is -0.123. The summed E-state index contributed by atoms with van der Waals surface area (Å²) in [5.74, 6) is 1.59. The Kier molecular flexibility index (Phi) is 4.76. The van der Waals surface area contributed by atoms with Gasteiger partial charge in [-0.3, -0.25) is 9.69 Å². The van der Waals surface area contributed by atoms with Crippen LogP contribution in [0.15, 0.2) is 10.6 Å². The van der Waals surface area contributed by atoms with Gasteiger partial charge in [0.25, 0.3) is 0 Å². The maximum absolute atomic E-state index is 11.2. The summed E-state index contributed by atoms with van der Waals surface area (Å²) < 4.78 is 5.54. The van der Waals surface area contributed by atoms with Crippen molar-refractivity contribution in [3.63, 3.8) is 0 Å². The van der Waals surface area contributed by atoms with Crippen LogP contribution in [0.1, 0.15) is 57.9 Å². The number of hydrogen-bond acceptors (Lipinski definition) is 4. The standard InChI is InChI=1S/C18H29N3O2/c1-13(22)19-17-10-14(18(17,2)3)9-15-11-16(23-20-15)12-21-7-5-4-6-8-21/h11,14,17H,4-10,12H2,1-3H3,(H,19,22). The van der Waals surface area contributed by atoms with Gasteiger partial charge >= 0.3 is 0 Å². The van der Waals surface area contributed by atoms with Crippen molar-refractivity contribution in [1.82, 2.24) is 15.4 Å². The Morgan fingerprint density at radius 2 is 2.13 bits per heavy atom. The molecule has 2 atom stereocenters. The lowest BCUT2D eigenvalue weighted by Gasteiger charge is -2.52. The van der Waals surface area contributed by atoms with E-state index < -0.39 is 0 Å². The third-order valence-electron chi connectivity index (χ3n) is 5.74. The predicted molar refractivity (Wildman–Crippen MR) is 88.8 cm³/mol. The maximum atomic E-state index is 11.2. The molecular weight excluding hydrogens is 290 g/mol. The van der Waals surface area contributed by atoms with Gasteiger partial charge in [-0.25, -0.2) is 0 Å². The molecule has 0 bridgehead atoms. The third kappa shape index (κ3) is 3.77. The number of nitrogens with one attached hydrogen (secondary N) is 1. The number of carbonyl (C=O) groups is 1. The van der Waals surface area contributed by atoms with Crippen molar-refractivity contribution in [1.29, 1.82) is 0 Å². The van der Waals surface area contributed by atoms with E-state index in [1.165, 1.54) is 32.4 Å². The number of rotatable bonds is 5. The monoisotopic (exact) mass is 319 g/mol. The summed E-state index contributed by atoms with van der Waals surface area (Å²) in [5.41, 5.74) is 1.17. The van der Waals surface area contributed by atoms with Crippen molar-refractivity contribution < 1.29 is 9.32 Å². The Morgan fingerprint density at radius 1 is 1.39 bits per heavy atom. The van der Waals surface area contributed by atoms with E-state index in [0.29, 0.717) is 5.92 Å². The minimum absolute atomic E-state index is 0.0618. The van der Waals surface area contributed by atoms with Gasteiger partial charge in [0.05, 0.1) is 12.2 Å². The van der Waals surface area contributed by atoms with Crippen molar-refractivity contribution in [3.05, 3.63) is 17.5 Å². The van der Waals surface area contributed by atoms with E-state index in [0.717, 1.165) is 30.8 Å². The quantitative estimate of drug-likeness (QED) is 0.906. The lowest BCUT2D eigenvalue weighted by Crippen LogP contribution is -2.58. The second-order valence-corrected chi connectivity index (χ2v) is 7.83. The first-order valence-electron chi connectivity index (χ1n) is 8.89. The van der Waals surface area contributed by atoms with Gasteiger partial charge in [-0.2, -0.15) is 0 Å². The number of likely N-dealkylation sites (tertiary alicyclic amines) is 1. The van der Waals surface area contributed by atoms with Crippen LogP contribution in [-0.4, -0.2) is 35.1 Å². The van der Waals surface area contributed by atoms with E-state index in [1.807, 2.05) is 0 Å². The molecule has 1 amide bonds. The fraction of sp³-hybridized carbons (Fsp3) is 0.778. The van der Waals surface area contributed by atoms with Crippen molar-refractivity contribution in [3.8, 4) is 0 Å². The summed E-state index contributed by atoms with van der Waals surface area (Å²) in [4.78, 5) is 13.7. The number of aromatic nitrogens is 1. The van der Waals surface area contributed by atoms with E-state index in [9.17, 15) is 4.79 Å². The summed E-state index contributed by atoms with van der Waals surface area (Å²) in [6, 6.07) is 2.40. The normalized spacial score (nSPS) is 27.4. The highest BCUT2D eigenvalue weighted by molar-refractivity contribution is 5.73. The number of carbonyl (C=O) groups excluding carboxylic acids is 1. The van der Waals surface area contributed by atoms with Crippen molar-refractivity contribution >= 4 is 5.91 Å². The van der Waals surface area contributed by atoms with E-state index in [-0.39, 0.29) is 17.4 Å². The smallest absolute Gasteiger partial charge is 0.217 e. The molecule has 1 aliphatic carbocycles. The van der Waals surface area contributed by atoms with Crippen LogP contribution in [0.2, 0.25) is 0 Å². The second-order valence-electron chi connectivity index (χ2n) is 7.83. The summed E-state index contributed by atoms with van der Waals surface area (Å²) >= 11 is 0. The highest BCUT2D eigenvalue weighted by Crippen LogP contribution is 2.47. The Labute approximate surface area is 138 Å². The largest absolute Gasteiger partial charge is 0.360 e. The van der Waals surface area contributed by atoms with Crippen LogP contribution in [0, 0.1) is 11.3 Å². The van der Waals surface area contributed by atoms with Gasteiger partial charge in [0.1, 0.15) is 0 Å². The fourth-order valence-electron chi connectivity index (χ4n) is 3.97. The molecule has 2 unspecified atom stereocenters.